The lowest BCUT2D eigenvalue weighted by atomic mass is 9.84. The number of piperidine rings is 3. The highest BCUT2D eigenvalue weighted by Crippen LogP contribution is 2.27. The second kappa shape index (κ2) is 4.60. The fourth-order valence-corrected chi connectivity index (χ4v) is 2.67. The molecule has 3 fully saturated rings. The zero-order chi connectivity index (χ0) is 9.97. The van der Waals surface area contributed by atoms with Crippen LogP contribution in [0.3, 0.4) is 0 Å². The number of hydrogen-bond donors (Lipinski definition) is 1. The smallest absolute Gasteiger partial charge is 0.0224 e. The molecule has 0 spiro atoms. The molecule has 3 heteroatoms. The highest BCUT2D eigenvalue weighted by atomic mass is 15.2. The molecule has 82 valence electrons. The van der Waals surface area contributed by atoms with Gasteiger partial charge in [-0.15, -0.1) is 0 Å². The molecule has 0 aromatic heterocycles. The highest BCUT2D eigenvalue weighted by Gasteiger charge is 2.33. The molecule has 3 nitrogen and oxygen atoms in total. The van der Waals surface area contributed by atoms with Crippen LogP contribution in [0.25, 0.3) is 0 Å². The zero-order valence-corrected chi connectivity index (χ0v) is 9.50. The van der Waals surface area contributed by atoms with Gasteiger partial charge in [-0.25, -0.2) is 0 Å². The van der Waals surface area contributed by atoms with Crippen molar-refractivity contribution in [2.24, 2.45) is 5.92 Å². The minimum Gasteiger partial charge on any atom is -0.311 e. The molecule has 3 rings (SSSR count). The van der Waals surface area contributed by atoms with Crippen LogP contribution in [0.5, 0.6) is 0 Å². The average Bonchev–Trinajstić information content (AvgIpc) is 2.19. The molecule has 2 bridgehead atoms. The number of nitrogens with zero attached hydrogens (tertiary/aromatic N) is 2. The maximum absolute atomic E-state index is 3.70. The van der Waals surface area contributed by atoms with Crippen LogP contribution in [0.4, 0.5) is 0 Å². The second-order valence-corrected chi connectivity index (χ2v) is 5.00. The molecule has 0 aliphatic carbocycles. The topological polar surface area (TPSA) is 18.5 Å². The summed E-state index contributed by atoms with van der Waals surface area (Å²) in [6.45, 7) is 6.27. The normalized spacial score (nSPS) is 36.6. The summed E-state index contributed by atoms with van der Waals surface area (Å²) in [5.41, 5.74) is 0. The lowest BCUT2D eigenvalue weighted by Gasteiger charge is -2.45. The van der Waals surface area contributed by atoms with Crippen molar-refractivity contribution in [3.05, 3.63) is 0 Å². The van der Waals surface area contributed by atoms with Crippen molar-refractivity contribution in [1.82, 2.24) is 15.1 Å². The van der Waals surface area contributed by atoms with Crippen LogP contribution in [0.1, 0.15) is 12.8 Å². The van der Waals surface area contributed by atoms with E-state index in [4.69, 9.17) is 0 Å². The van der Waals surface area contributed by atoms with E-state index in [-0.39, 0.29) is 0 Å². The first-order valence-corrected chi connectivity index (χ1v) is 5.86. The quantitative estimate of drug-likeness (QED) is 0.696. The molecule has 1 atom stereocenters. The van der Waals surface area contributed by atoms with E-state index >= 15 is 0 Å². The van der Waals surface area contributed by atoms with Crippen molar-refractivity contribution in [2.75, 3.05) is 46.8 Å². The summed E-state index contributed by atoms with van der Waals surface area (Å²) in [6.07, 6.45) is 2.83. The van der Waals surface area contributed by atoms with Gasteiger partial charge in [-0.1, -0.05) is 0 Å². The maximum Gasteiger partial charge on any atom is 0.0224 e. The lowest BCUT2D eigenvalue weighted by Crippen LogP contribution is -2.56. The molecule has 1 N–H and O–H groups in total. The van der Waals surface area contributed by atoms with Gasteiger partial charge in [-0.05, 0) is 45.9 Å². The van der Waals surface area contributed by atoms with E-state index in [1.165, 1.54) is 32.5 Å². The molecule has 0 radical (unpaired) electrons. The summed E-state index contributed by atoms with van der Waals surface area (Å²) >= 11 is 0. The predicted molar refractivity (Wildman–Crippen MR) is 59.5 cm³/mol. The molecule has 0 aromatic carbocycles. The van der Waals surface area contributed by atoms with Gasteiger partial charge < -0.3 is 15.1 Å². The molecule has 0 unspecified atom stereocenters. The van der Waals surface area contributed by atoms with E-state index in [0.717, 1.165) is 25.0 Å². The van der Waals surface area contributed by atoms with Crippen LogP contribution < -0.4 is 5.32 Å². The molecular formula is C11H23N3. The zero-order valence-electron chi connectivity index (χ0n) is 9.50. The fraction of sp³-hybridized carbons (Fsp3) is 1.00. The lowest BCUT2D eigenvalue weighted by molar-refractivity contribution is 0.0721. The molecule has 3 aliphatic rings. The summed E-state index contributed by atoms with van der Waals surface area (Å²) in [5.74, 6) is 0.960. The summed E-state index contributed by atoms with van der Waals surface area (Å²) in [5, 5.41) is 3.70. The van der Waals surface area contributed by atoms with Crippen molar-refractivity contribution < 1.29 is 0 Å². The van der Waals surface area contributed by atoms with Crippen molar-refractivity contribution in [3.8, 4) is 0 Å². The molecule has 3 aliphatic heterocycles. The number of likely N-dealkylation sites (N-methyl/N-ethyl adjacent to an activating group) is 1. The highest BCUT2D eigenvalue weighted by molar-refractivity contribution is 4.90. The first-order chi connectivity index (χ1) is 6.75. The summed E-state index contributed by atoms with van der Waals surface area (Å²) in [4.78, 5) is 4.85. The standard InChI is InChI=1S/C11H23N3/c1-13(2)8-5-12-11-9-14-6-3-10(11)4-7-14/h10-12H,3-9H2,1-2H3/t11-/m1/s1. The van der Waals surface area contributed by atoms with Crippen molar-refractivity contribution in [1.29, 1.82) is 0 Å². The summed E-state index contributed by atoms with van der Waals surface area (Å²) in [6, 6.07) is 0.775. The van der Waals surface area contributed by atoms with E-state index in [1.807, 2.05) is 0 Å². The van der Waals surface area contributed by atoms with E-state index in [0.29, 0.717) is 0 Å². The molecule has 3 saturated heterocycles. The van der Waals surface area contributed by atoms with Gasteiger partial charge in [0.15, 0.2) is 0 Å². The van der Waals surface area contributed by atoms with Crippen LogP contribution in [-0.4, -0.2) is 62.7 Å². The first kappa shape index (κ1) is 10.4. The molecule has 0 saturated carbocycles. The minimum atomic E-state index is 0.775. The molecule has 14 heavy (non-hydrogen) atoms. The Morgan fingerprint density at radius 2 is 2.00 bits per heavy atom. The third kappa shape index (κ3) is 2.47. The largest absolute Gasteiger partial charge is 0.311 e. The minimum absolute atomic E-state index is 0.775. The third-order valence-electron chi connectivity index (χ3n) is 3.62. The Morgan fingerprint density at radius 1 is 1.29 bits per heavy atom. The number of hydrogen-bond acceptors (Lipinski definition) is 3. The molecule has 0 amide bonds. The Labute approximate surface area is 87.4 Å². The van der Waals surface area contributed by atoms with E-state index in [1.54, 1.807) is 0 Å². The first-order valence-electron chi connectivity index (χ1n) is 5.86. The van der Waals surface area contributed by atoms with Gasteiger partial charge in [0, 0.05) is 25.7 Å². The second-order valence-electron chi connectivity index (χ2n) is 5.00. The van der Waals surface area contributed by atoms with Crippen LogP contribution in [-0.2, 0) is 0 Å². The van der Waals surface area contributed by atoms with E-state index < -0.39 is 0 Å². The average molecular weight is 197 g/mol. The van der Waals surface area contributed by atoms with Gasteiger partial charge >= 0.3 is 0 Å². The summed E-state index contributed by atoms with van der Waals surface area (Å²) in [7, 11) is 4.27. The van der Waals surface area contributed by atoms with Crippen molar-refractivity contribution in [3.63, 3.8) is 0 Å². The molecular weight excluding hydrogens is 174 g/mol. The van der Waals surface area contributed by atoms with Crippen LogP contribution in [0.2, 0.25) is 0 Å². The van der Waals surface area contributed by atoms with E-state index in [9.17, 15) is 0 Å². The Kier molecular flexibility index (Phi) is 3.42. The van der Waals surface area contributed by atoms with E-state index in [2.05, 4.69) is 29.2 Å². The summed E-state index contributed by atoms with van der Waals surface area (Å²) < 4.78 is 0. The number of rotatable bonds is 4. The van der Waals surface area contributed by atoms with Gasteiger partial charge in [-0.3, -0.25) is 0 Å². The van der Waals surface area contributed by atoms with Crippen LogP contribution >= 0.6 is 0 Å². The van der Waals surface area contributed by atoms with Gasteiger partial charge in [-0.2, -0.15) is 0 Å². The number of fused-ring (bicyclic) bond motifs is 3. The Morgan fingerprint density at radius 3 is 2.50 bits per heavy atom. The van der Waals surface area contributed by atoms with Crippen molar-refractivity contribution >= 4 is 0 Å². The Hall–Kier alpha value is -0.120. The van der Waals surface area contributed by atoms with Gasteiger partial charge in [0.1, 0.15) is 0 Å². The maximum atomic E-state index is 3.70. The van der Waals surface area contributed by atoms with Crippen molar-refractivity contribution in [2.45, 2.75) is 18.9 Å². The molecule has 3 heterocycles. The van der Waals surface area contributed by atoms with Gasteiger partial charge in [0.05, 0.1) is 0 Å². The Bertz CT molecular complexity index is 173. The van der Waals surface area contributed by atoms with Gasteiger partial charge in [0.2, 0.25) is 0 Å². The fourth-order valence-electron chi connectivity index (χ4n) is 2.67. The third-order valence-corrected chi connectivity index (χ3v) is 3.62. The van der Waals surface area contributed by atoms with Gasteiger partial charge in [0.25, 0.3) is 0 Å². The van der Waals surface area contributed by atoms with Crippen LogP contribution in [0, 0.1) is 5.92 Å². The SMILES string of the molecule is CN(C)CCN[C@@H]1CN2CCC1CC2. The van der Waals surface area contributed by atoms with Crippen LogP contribution in [0.15, 0.2) is 0 Å². The monoisotopic (exact) mass is 197 g/mol. The molecule has 0 aromatic rings. The predicted octanol–water partition coefficient (Wildman–Crippen LogP) is 0.232. The Balaban J connectivity index is 1.71. The number of nitrogens with one attached hydrogen (secondary N) is 1.